The van der Waals surface area contributed by atoms with Crippen molar-refractivity contribution in [3.8, 4) is 0 Å². The van der Waals surface area contributed by atoms with E-state index in [4.69, 9.17) is 27.9 Å². The molecule has 0 bridgehead atoms. The molecule has 0 radical (unpaired) electrons. The molecule has 1 unspecified atom stereocenters. The maximum absolute atomic E-state index is 6.10. The van der Waals surface area contributed by atoms with Crippen molar-refractivity contribution in [2.75, 3.05) is 6.61 Å². The van der Waals surface area contributed by atoms with Crippen LogP contribution in [0.2, 0.25) is 10.2 Å². The molecule has 17 heavy (non-hydrogen) atoms. The number of aromatic nitrogens is 3. The lowest BCUT2D eigenvalue weighted by Crippen LogP contribution is -2.19. The van der Waals surface area contributed by atoms with E-state index in [0.29, 0.717) is 15.8 Å². The predicted octanol–water partition coefficient (Wildman–Crippen LogP) is 3.44. The van der Waals surface area contributed by atoms with Crippen LogP contribution in [0, 0.1) is 0 Å². The monoisotopic (exact) mass is 271 g/mol. The molecule has 1 fully saturated rings. The van der Waals surface area contributed by atoms with Gasteiger partial charge in [-0.15, -0.1) is 0 Å². The molecule has 0 amide bonds. The molecule has 1 aliphatic rings. The van der Waals surface area contributed by atoms with Crippen LogP contribution in [0.5, 0.6) is 0 Å². The molecule has 0 spiro atoms. The van der Waals surface area contributed by atoms with Crippen molar-refractivity contribution < 1.29 is 4.74 Å². The number of pyridine rings is 1. The van der Waals surface area contributed by atoms with Crippen LogP contribution in [0.15, 0.2) is 12.3 Å². The van der Waals surface area contributed by atoms with E-state index in [1.54, 1.807) is 16.9 Å². The second-order valence-corrected chi connectivity index (χ2v) is 4.87. The molecule has 0 N–H and O–H groups in total. The zero-order valence-electron chi connectivity index (χ0n) is 9.07. The van der Waals surface area contributed by atoms with Crippen molar-refractivity contribution in [2.24, 2.45) is 0 Å². The van der Waals surface area contributed by atoms with Crippen molar-refractivity contribution in [1.29, 1.82) is 0 Å². The molecule has 1 saturated heterocycles. The highest BCUT2D eigenvalue weighted by molar-refractivity contribution is 6.37. The predicted molar refractivity (Wildman–Crippen MR) is 66.4 cm³/mol. The van der Waals surface area contributed by atoms with E-state index in [9.17, 15) is 0 Å². The van der Waals surface area contributed by atoms with Crippen LogP contribution in [0.25, 0.3) is 11.0 Å². The maximum Gasteiger partial charge on any atom is 0.163 e. The van der Waals surface area contributed by atoms with Gasteiger partial charge in [-0.2, -0.15) is 5.10 Å². The largest absolute Gasteiger partial charge is 0.356 e. The Hall–Kier alpha value is -0.840. The average Bonchev–Trinajstić information content (AvgIpc) is 2.74. The van der Waals surface area contributed by atoms with Crippen molar-refractivity contribution in [3.63, 3.8) is 0 Å². The summed E-state index contributed by atoms with van der Waals surface area (Å²) in [6, 6.07) is 1.62. The molecule has 1 aliphatic heterocycles. The van der Waals surface area contributed by atoms with E-state index >= 15 is 0 Å². The number of fused-ring (bicyclic) bond motifs is 1. The Labute approximate surface area is 108 Å². The Kier molecular flexibility index (Phi) is 2.94. The average molecular weight is 272 g/mol. The molecule has 2 aromatic heterocycles. The number of rotatable bonds is 1. The maximum atomic E-state index is 6.10. The highest BCUT2D eigenvalue weighted by Gasteiger charge is 2.20. The first kappa shape index (κ1) is 11.3. The van der Waals surface area contributed by atoms with Gasteiger partial charge in [0.2, 0.25) is 0 Å². The van der Waals surface area contributed by atoms with Gasteiger partial charge >= 0.3 is 0 Å². The van der Waals surface area contributed by atoms with Crippen molar-refractivity contribution >= 4 is 34.2 Å². The molecule has 0 aliphatic carbocycles. The van der Waals surface area contributed by atoms with Crippen molar-refractivity contribution in [3.05, 3.63) is 22.4 Å². The van der Waals surface area contributed by atoms with E-state index in [0.717, 1.165) is 31.3 Å². The Morgan fingerprint density at radius 1 is 1.35 bits per heavy atom. The third-order valence-electron chi connectivity index (χ3n) is 2.91. The summed E-state index contributed by atoms with van der Waals surface area (Å²) in [7, 11) is 0. The fourth-order valence-electron chi connectivity index (χ4n) is 2.08. The summed E-state index contributed by atoms with van der Waals surface area (Å²) in [6.45, 7) is 0.764. The minimum Gasteiger partial charge on any atom is -0.356 e. The standard InChI is InChI=1S/C11H11Cl2N3O/c12-8-5-9(13)15-11-7(8)6-14-16(11)10-3-1-2-4-17-10/h5-6,10H,1-4H2. The van der Waals surface area contributed by atoms with E-state index in [1.165, 1.54) is 0 Å². The van der Waals surface area contributed by atoms with Gasteiger partial charge in [-0.05, 0) is 25.3 Å². The zero-order valence-corrected chi connectivity index (χ0v) is 10.6. The van der Waals surface area contributed by atoms with Gasteiger partial charge in [0.25, 0.3) is 0 Å². The van der Waals surface area contributed by atoms with Gasteiger partial charge in [0.15, 0.2) is 11.9 Å². The fourth-order valence-corrected chi connectivity index (χ4v) is 2.56. The summed E-state index contributed by atoms with van der Waals surface area (Å²) in [5, 5.41) is 6.06. The van der Waals surface area contributed by atoms with Gasteiger partial charge in [-0.3, -0.25) is 0 Å². The number of nitrogens with zero attached hydrogens (tertiary/aromatic N) is 3. The molecule has 4 nitrogen and oxygen atoms in total. The Bertz CT molecular complexity index is 549. The third kappa shape index (κ3) is 2.01. The highest BCUT2D eigenvalue weighted by atomic mass is 35.5. The van der Waals surface area contributed by atoms with Crippen LogP contribution in [0.1, 0.15) is 25.5 Å². The summed E-state index contributed by atoms with van der Waals surface area (Å²) in [6.07, 6.45) is 4.84. The summed E-state index contributed by atoms with van der Waals surface area (Å²) < 4.78 is 7.45. The number of halogens is 2. The number of hydrogen-bond donors (Lipinski definition) is 0. The number of ether oxygens (including phenoxy) is 1. The molecule has 0 aromatic carbocycles. The lowest BCUT2D eigenvalue weighted by molar-refractivity contribution is -0.0370. The molecular formula is C11H11Cl2N3O. The molecule has 3 heterocycles. The van der Waals surface area contributed by atoms with E-state index in [-0.39, 0.29) is 6.23 Å². The summed E-state index contributed by atoms with van der Waals surface area (Å²) in [5.74, 6) is 0. The zero-order chi connectivity index (χ0) is 11.8. The Morgan fingerprint density at radius 3 is 3.00 bits per heavy atom. The van der Waals surface area contributed by atoms with Gasteiger partial charge in [-0.25, -0.2) is 9.67 Å². The van der Waals surface area contributed by atoms with Crippen LogP contribution in [-0.4, -0.2) is 21.4 Å². The third-order valence-corrected chi connectivity index (χ3v) is 3.42. The molecule has 90 valence electrons. The minimum absolute atomic E-state index is 0.0525. The van der Waals surface area contributed by atoms with Crippen molar-refractivity contribution in [2.45, 2.75) is 25.5 Å². The molecule has 6 heteroatoms. The summed E-state index contributed by atoms with van der Waals surface area (Å²) in [4.78, 5) is 4.27. The Balaban J connectivity index is 2.10. The lowest BCUT2D eigenvalue weighted by Gasteiger charge is -2.23. The lowest BCUT2D eigenvalue weighted by atomic mass is 10.2. The molecular weight excluding hydrogens is 261 g/mol. The second kappa shape index (κ2) is 4.44. The van der Waals surface area contributed by atoms with E-state index < -0.39 is 0 Å². The van der Waals surface area contributed by atoms with Crippen LogP contribution in [0.4, 0.5) is 0 Å². The number of hydrogen-bond acceptors (Lipinski definition) is 3. The molecule has 2 aromatic rings. The topological polar surface area (TPSA) is 39.9 Å². The quantitative estimate of drug-likeness (QED) is 0.746. The summed E-state index contributed by atoms with van der Waals surface area (Å²) >= 11 is 12.0. The normalized spacial score (nSPS) is 20.9. The van der Waals surface area contributed by atoms with Crippen LogP contribution < -0.4 is 0 Å². The summed E-state index contributed by atoms with van der Waals surface area (Å²) in [5.41, 5.74) is 0.689. The van der Waals surface area contributed by atoms with E-state index in [2.05, 4.69) is 10.1 Å². The van der Waals surface area contributed by atoms with Crippen LogP contribution >= 0.6 is 23.2 Å². The second-order valence-electron chi connectivity index (χ2n) is 4.07. The molecule has 1 atom stereocenters. The van der Waals surface area contributed by atoms with Gasteiger partial charge in [0.05, 0.1) is 16.6 Å². The van der Waals surface area contributed by atoms with Crippen molar-refractivity contribution in [1.82, 2.24) is 14.8 Å². The first-order valence-electron chi connectivity index (χ1n) is 5.56. The van der Waals surface area contributed by atoms with E-state index in [1.807, 2.05) is 0 Å². The molecule has 3 rings (SSSR count). The van der Waals surface area contributed by atoms with Gasteiger partial charge in [-0.1, -0.05) is 23.2 Å². The van der Waals surface area contributed by atoms with Gasteiger partial charge < -0.3 is 4.74 Å². The Morgan fingerprint density at radius 2 is 2.24 bits per heavy atom. The first-order chi connectivity index (χ1) is 8.25. The SMILES string of the molecule is Clc1cc(Cl)c2cnn(C3CCCCO3)c2n1. The van der Waals surface area contributed by atoms with Crippen LogP contribution in [-0.2, 0) is 4.74 Å². The minimum atomic E-state index is -0.0525. The van der Waals surface area contributed by atoms with Gasteiger partial charge in [0.1, 0.15) is 5.15 Å². The van der Waals surface area contributed by atoms with Crippen LogP contribution in [0.3, 0.4) is 0 Å². The van der Waals surface area contributed by atoms with Gasteiger partial charge in [0, 0.05) is 6.61 Å². The first-order valence-corrected chi connectivity index (χ1v) is 6.32. The fraction of sp³-hybridized carbons (Fsp3) is 0.455. The highest BCUT2D eigenvalue weighted by Crippen LogP contribution is 2.29. The smallest absolute Gasteiger partial charge is 0.163 e. The molecule has 0 saturated carbocycles.